The molecule has 0 aliphatic heterocycles. The monoisotopic (exact) mass is 234 g/mol. The number of carbonyl (C=O) groups excluding carboxylic acids is 1. The summed E-state index contributed by atoms with van der Waals surface area (Å²) in [5.41, 5.74) is 0.0447. The molecule has 0 aromatic rings. The molecule has 3 nitrogen and oxygen atoms in total. The van der Waals surface area contributed by atoms with Crippen molar-refractivity contribution in [2.45, 2.75) is 38.5 Å². The Balaban J connectivity index is 0.00000196. The van der Waals surface area contributed by atoms with Gasteiger partial charge in [0.05, 0.1) is 0 Å². The molecular weight excluding hydrogens is 214 g/mol. The van der Waals surface area contributed by atoms with Crippen LogP contribution >= 0.6 is 12.4 Å². The van der Waals surface area contributed by atoms with Crippen LogP contribution in [0.2, 0.25) is 0 Å². The first-order chi connectivity index (χ1) is 6.54. The fourth-order valence-electron chi connectivity index (χ4n) is 2.41. The third-order valence-electron chi connectivity index (χ3n) is 3.27. The second-order valence-electron chi connectivity index (χ2n) is 4.81. The number of nitrogens with zero attached hydrogens (tertiary/aromatic N) is 1. The lowest BCUT2D eigenvalue weighted by molar-refractivity contribution is -0.308. The van der Waals surface area contributed by atoms with E-state index in [-0.39, 0.29) is 24.2 Å². The van der Waals surface area contributed by atoms with E-state index in [0.717, 1.165) is 25.8 Å². The van der Waals surface area contributed by atoms with Gasteiger partial charge in [-0.25, -0.2) is 0 Å². The van der Waals surface area contributed by atoms with Gasteiger partial charge in [0.15, 0.2) is 0 Å². The zero-order valence-electron chi connectivity index (χ0n) is 9.62. The van der Waals surface area contributed by atoms with E-state index in [1.807, 2.05) is 14.1 Å². The minimum atomic E-state index is -0.884. The highest BCUT2D eigenvalue weighted by Crippen LogP contribution is 2.43. The summed E-state index contributed by atoms with van der Waals surface area (Å²) in [4.78, 5) is 12.8. The average Bonchev–Trinajstić information content (AvgIpc) is 2.49. The Morgan fingerprint density at radius 1 is 1.33 bits per heavy atom. The summed E-state index contributed by atoms with van der Waals surface area (Å²) in [5, 5.41) is 10.7. The number of carboxylic acid groups (broad SMARTS) is 1. The van der Waals surface area contributed by atoms with E-state index in [1.165, 1.54) is 12.8 Å². The summed E-state index contributed by atoms with van der Waals surface area (Å²) in [6.45, 7) is 0.979. The molecule has 0 bridgehead atoms. The van der Waals surface area contributed by atoms with Gasteiger partial charge in [0, 0.05) is 5.97 Å². The number of hydrogen-bond donors (Lipinski definition) is 0. The van der Waals surface area contributed by atoms with Crippen LogP contribution in [0.15, 0.2) is 0 Å². The lowest BCUT2D eigenvalue weighted by atomic mass is 9.79. The molecule has 0 unspecified atom stereocenters. The van der Waals surface area contributed by atoms with Gasteiger partial charge in [0.25, 0.3) is 0 Å². The van der Waals surface area contributed by atoms with Gasteiger partial charge in [-0.05, 0) is 51.7 Å². The van der Waals surface area contributed by atoms with Crippen molar-refractivity contribution in [3.05, 3.63) is 0 Å². The summed E-state index contributed by atoms with van der Waals surface area (Å²) in [7, 11) is 4.06. The lowest BCUT2D eigenvalue weighted by Crippen LogP contribution is -2.33. The maximum atomic E-state index is 10.7. The van der Waals surface area contributed by atoms with E-state index < -0.39 is 5.97 Å². The second-order valence-corrected chi connectivity index (χ2v) is 4.81. The molecule has 4 heteroatoms. The summed E-state index contributed by atoms with van der Waals surface area (Å²) in [6, 6.07) is 0. The van der Waals surface area contributed by atoms with Crippen LogP contribution < -0.4 is 5.11 Å². The number of aliphatic carboxylic acids is 1. The molecule has 0 radical (unpaired) electrons. The largest absolute Gasteiger partial charge is 0.550 e. The molecule has 0 amide bonds. The predicted octanol–water partition coefficient (Wildman–Crippen LogP) is 1.06. The molecule has 1 rings (SSSR count). The van der Waals surface area contributed by atoms with Gasteiger partial charge in [-0.2, -0.15) is 0 Å². The van der Waals surface area contributed by atoms with Gasteiger partial charge in [0.2, 0.25) is 0 Å². The maximum Gasteiger partial charge on any atom is 0.0419 e. The highest BCUT2D eigenvalue weighted by atomic mass is 35.5. The summed E-state index contributed by atoms with van der Waals surface area (Å²) in [5.74, 6) is -0.884. The molecular formula is C11H21ClNO2-. The first-order valence-electron chi connectivity index (χ1n) is 5.39. The van der Waals surface area contributed by atoms with Gasteiger partial charge in [-0.3, -0.25) is 0 Å². The first kappa shape index (κ1) is 14.7. The second kappa shape index (κ2) is 6.33. The van der Waals surface area contributed by atoms with Gasteiger partial charge in [0.1, 0.15) is 0 Å². The standard InChI is InChI=1S/C11H21NO2.ClH/c1-12(2)8-7-11(9-10(13)14)5-3-4-6-11;/h3-9H2,1-2H3,(H,13,14);1H/p-1. The molecule has 1 fully saturated rings. The van der Waals surface area contributed by atoms with Gasteiger partial charge in [-0.1, -0.05) is 12.8 Å². The topological polar surface area (TPSA) is 43.4 Å². The smallest absolute Gasteiger partial charge is 0.0419 e. The van der Waals surface area contributed by atoms with E-state index in [9.17, 15) is 9.90 Å². The molecule has 0 aromatic carbocycles. The Bertz CT molecular complexity index is 201. The van der Waals surface area contributed by atoms with E-state index in [1.54, 1.807) is 0 Å². The van der Waals surface area contributed by atoms with Crippen molar-refractivity contribution in [3.8, 4) is 0 Å². The molecule has 90 valence electrons. The Labute approximate surface area is 98.3 Å². The van der Waals surface area contributed by atoms with Crippen LogP contribution in [-0.2, 0) is 4.79 Å². The third kappa shape index (κ3) is 4.85. The molecule has 1 aliphatic rings. The zero-order valence-corrected chi connectivity index (χ0v) is 10.4. The number of hydrogen-bond acceptors (Lipinski definition) is 3. The fourth-order valence-corrected chi connectivity index (χ4v) is 2.41. The lowest BCUT2D eigenvalue weighted by Gasteiger charge is -2.30. The van der Waals surface area contributed by atoms with E-state index >= 15 is 0 Å². The Kier molecular flexibility index (Phi) is 6.22. The maximum absolute atomic E-state index is 10.7. The number of carboxylic acids is 1. The van der Waals surface area contributed by atoms with Crippen molar-refractivity contribution in [1.82, 2.24) is 4.90 Å². The van der Waals surface area contributed by atoms with Crippen LogP contribution in [0.4, 0.5) is 0 Å². The van der Waals surface area contributed by atoms with E-state index in [2.05, 4.69) is 4.90 Å². The number of rotatable bonds is 5. The average molecular weight is 235 g/mol. The molecule has 0 spiro atoms. The van der Waals surface area contributed by atoms with Gasteiger partial charge < -0.3 is 14.8 Å². The Morgan fingerprint density at radius 2 is 1.87 bits per heavy atom. The van der Waals surface area contributed by atoms with Crippen molar-refractivity contribution in [2.75, 3.05) is 20.6 Å². The first-order valence-corrected chi connectivity index (χ1v) is 5.39. The van der Waals surface area contributed by atoms with Crippen LogP contribution in [0.3, 0.4) is 0 Å². The van der Waals surface area contributed by atoms with Crippen molar-refractivity contribution in [1.29, 1.82) is 0 Å². The van der Waals surface area contributed by atoms with Crippen molar-refractivity contribution in [3.63, 3.8) is 0 Å². The zero-order chi connectivity index (χ0) is 10.6. The normalized spacial score (nSPS) is 18.9. The van der Waals surface area contributed by atoms with Crippen molar-refractivity contribution >= 4 is 18.4 Å². The minimum absolute atomic E-state index is 0. The Morgan fingerprint density at radius 3 is 2.27 bits per heavy atom. The quantitative estimate of drug-likeness (QED) is 0.715. The number of carbonyl (C=O) groups is 1. The van der Waals surface area contributed by atoms with Crippen LogP contribution in [-0.4, -0.2) is 31.5 Å². The molecule has 15 heavy (non-hydrogen) atoms. The molecule has 1 saturated carbocycles. The molecule has 0 saturated heterocycles. The highest BCUT2D eigenvalue weighted by molar-refractivity contribution is 5.85. The molecule has 0 N–H and O–H groups in total. The van der Waals surface area contributed by atoms with E-state index in [0.29, 0.717) is 0 Å². The van der Waals surface area contributed by atoms with Crippen molar-refractivity contribution < 1.29 is 9.90 Å². The summed E-state index contributed by atoms with van der Waals surface area (Å²) in [6.07, 6.45) is 5.74. The van der Waals surface area contributed by atoms with Crippen LogP contribution in [0, 0.1) is 5.41 Å². The van der Waals surface area contributed by atoms with Crippen LogP contribution in [0.25, 0.3) is 0 Å². The van der Waals surface area contributed by atoms with Crippen LogP contribution in [0.5, 0.6) is 0 Å². The molecule has 1 aliphatic carbocycles. The van der Waals surface area contributed by atoms with Gasteiger partial charge in [-0.15, -0.1) is 12.4 Å². The third-order valence-corrected chi connectivity index (χ3v) is 3.27. The Hall–Kier alpha value is -0.280. The summed E-state index contributed by atoms with van der Waals surface area (Å²) >= 11 is 0. The predicted molar refractivity (Wildman–Crippen MR) is 60.9 cm³/mol. The SMILES string of the molecule is CN(C)CCC1(CC(=O)[O-])CCCC1.Cl. The summed E-state index contributed by atoms with van der Waals surface area (Å²) < 4.78 is 0. The fraction of sp³-hybridized carbons (Fsp3) is 0.909. The van der Waals surface area contributed by atoms with Crippen molar-refractivity contribution in [2.24, 2.45) is 5.41 Å². The molecule has 0 heterocycles. The van der Waals surface area contributed by atoms with Gasteiger partial charge >= 0.3 is 0 Å². The highest BCUT2D eigenvalue weighted by Gasteiger charge is 2.33. The number of halogens is 1. The minimum Gasteiger partial charge on any atom is -0.550 e. The van der Waals surface area contributed by atoms with Crippen LogP contribution in [0.1, 0.15) is 38.5 Å². The molecule has 0 atom stereocenters. The molecule has 0 aromatic heterocycles. The van der Waals surface area contributed by atoms with E-state index in [4.69, 9.17) is 0 Å².